The molecule has 0 radical (unpaired) electrons. The van der Waals surface area contributed by atoms with Crippen molar-refractivity contribution < 1.29 is 0 Å². The highest BCUT2D eigenvalue weighted by molar-refractivity contribution is 5.73. The first-order chi connectivity index (χ1) is 8.93. The first-order valence-electron chi connectivity index (χ1n) is 6.53. The summed E-state index contributed by atoms with van der Waals surface area (Å²) in [6, 6.07) is 0. The molecular weight excluding hydrogens is 238 g/mol. The molecule has 2 aromatic rings. The van der Waals surface area contributed by atoms with Gasteiger partial charge in [0, 0.05) is 43.2 Å². The van der Waals surface area contributed by atoms with Crippen molar-refractivity contribution >= 4 is 5.82 Å². The lowest BCUT2D eigenvalue weighted by molar-refractivity contribution is 0.554. The summed E-state index contributed by atoms with van der Waals surface area (Å²) in [4.78, 5) is 8.84. The molecule has 0 amide bonds. The highest BCUT2D eigenvalue weighted by Gasteiger charge is 2.24. The van der Waals surface area contributed by atoms with E-state index in [9.17, 15) is 0 Å². The summed E-state index contributed by atoms with van der Waals surface area (Å²) < 4.78 is 1.83. The lowest BCUT2D eigenvalue weighted by Gasteiger charge is -2.18. The lowest BCUT2D eigenvalue weighted by Crippen LogP contribution is -2.14. The number of nitrogens with zero attached hydrogens (tertiary/aromatic N) is 4. The zero-order valence-corrected chi connectivity index (χ0v) is 12.2. The fraction of sp³-hybridized carbons (Fsp3) is 0.500. The van der Waals surface area contributed by atoms with Crippen molar-refractivity contribution in [2.24, 2.45) is 7.05 Å². The predicted molar refractivity (Wildman–Crippen MR) is 77.1 cm³/mol. The highest BCUT2D eigenvalue weighted by Crippen LogP contribution is 2.33. The van der Waals surface area contributed by atoms with Gasteiger partial charge in [-0.05, 0) is 6.92 Å². The minimum atomic E-state index is -0.0302. The smallest absolute Gasteiger partial charge is 0.152 e. The molecule has 0 bridgehead atoms. The van der Waals surface area contributed by atoms with E-state index in [2.05, 4.69) is 41.2 Å². The largest absolute Gasteiger partial charge is 0.369 e. The third kappa shape index (κ3) is 2.75. The van der Waals surface area contributed by atoms with E-state index in [1.165, 1.54) is 0 Å². The predicted octanol–water partition coefficient (Wildman–Crippen LogP) is 2.61. The Morgan fingerprint density at radius 3 is 2.53 bits per heavy atom. The summed E-state index contributed by atoms with van der Waals surface area (Å²) in [5, 5.41) is 7.83. The fourth-order valence-electron chi connectivity index (χ4n) is 2.05. The van der Waals surface area contributed by atoms with Crippen LogP contribution in [0.5, 0.6) is 0 Å². The van der Waals surface area contributed by atoms with Crippen molar-refractivity contribution in [3.8, 4) is 11.3 Å². The van der Waals surface area contributed by atoms with Crippen LogP contribution in [-0.4, -0.2) is 26.3 Å². The van der Waals surface area contributed by atoms with Crippen molar-refractivity contribution in [1.29, 1.82) is 0 Å². The second-order valence-electron chi connectivity index (χ2n) is 5.60. The average Bonchev–Trinajstić information content (AvgIpc) is 2.72. The van der Waals surface area contributed by atoms with E-state index in [-0.39, 0.29) is 5.41 Å². The summed E-state index contributed by atoms with van der Waals surface area (Å²) in [5.74, 6) is 0.809. The van der Waals surface area contributed by atoms with E-state index < -0.39 is 0 Å². The van der Waals surface area contributed by atoms with E-state index in [0.717, 1.165) is 29.3 Å². The molecule has 5 heteroatoms. The van der Waals surface area contributed by atoms with Gasteiger partial charge in [0.25, 0.3) is 0 Å². The molecule has 19 heavy (non-hydrogen) atoms. The van der Waals surface area contributed by atoms with Crippen molar-refractivity contribution in [2.45, 2.75) is 33.1 Å². The van der Waals surface area contributed by atoms with Gasteiger partial charge in [0.1, 0.15) is 5.69 Å². The van der Waals surface area contributed by atoms with Gasteiger partial charge in [-0.2, -0.15) is 5.10 Å². The maximum Gasteiger partial charge on any atom is 0.152 e. The van der Waals surface area contributed by atoms with Gasteiger partial charge in [-0.15, -0.1) is 0 Å². The molecule has 0 aliphatic heterocycles. The van der Waals surface area contributed by atoms with Crippen molar-refractivity contribution in [2.75, 3.05) is 11.9 Å². The van der Waals surface area contributed by atoms with Crippen LogP contribution < -0.4 is 5.32 Å². The van der Waals surface area contributed by atoms with Crippen LogP contribution in [-0.2, 0) is 12.5 Å². The Hall–Kier alpha value is -1.91. The average molecular weight is 259 g/mol. The molecule has 0 saturated carbocycles. The molecule has 0 fully saturated rings. The molecule has 0 atom stereocenters. The van der Waals surface area contributed by atoms with Crippen LogP contribution in [0.25, 0.3) is 11.3 Å². The third-order valence-corrected chi connectivity index (χ3v) is 2.84. The van der Waals surface area contributed by atoms with Crippen LogP contribution in [0.2, 0.25) is 0 Å². The fourth-order valence-corrected chi connectivity index (χ4v) is 2.05. The monoisotopic (exact) mass is 259 g/mol. The van der Waals surface area contributed by atoms with E-state index in [1.54, 1.807) is 12.4 Å². The van der Waals surface area contributed by atoms with Crippen molar-refractivity contribution in [3.05, 3.63) is 24.3 Å². The maximum absolute atomic E-state index is 4.58. The Morgan fingerprint density at radius 1 is 1.21 bits per heavy atom. The standard InChI is InChI=1S/C14H21N5/c1-6-15-13-11(16-7-8-17-13)10-9-19(5)18-12(10)14(2,3)4/h7-9H,6H2,1-5H3,(H,15,17). The van der Waals surface area contributed by atoms with Gasteiger partial charge in [0.2, 0.25) is 0 Å². The minimum Gasteiger partial charge on any atom is -0.369 e. The first kappa shape index (κ1) is 13.5. The van der Waals surface area contributed by atoms with Crippen LogP contribution in [0, 0.1) is 0 Å². The Kier molecular flexibility index (Phi) is 3.55. The Balaban J connectivity index is 2.59. The van der Waals surface area contributed by atoms with Crippen molar-refractivity contribution in [3.63, 3.8) is 0 Å². The summed E-state index contributed by atoms with van der Waals surface area (Å²) in [6.07, 6.45) is 5.43. The number of aryl methyl sites for hydroxylation is 1. The highest BCUT2D eigenvalue weighted by atomic mass is 15.3. The molecule has 1 N–H and O–H groups in total. The molecular formula is C14H21N5. The Bertz CT molecular complexity index is 565. The Morgan fingerprint density at radius 2 is 1.89 bits per heavy atom. The van der Waals surface area contributed by atoms with Gasteiger partial charge in [-0.25, -0.2) is 4.98 Å². The maximum atomic E-state index is 4.58. The number of hydrogen-bond donors (Lipinski definition) is 1. The number of aromatic nitrogens is 4. The summed E-state index contributed by atoms with van der Waals surface area (Å²) in [6.45, 7) is 9.33. The van der Waals surface area contributed by atoms with E-state index >= 15 is 0 Å². The van der Waals surface area contributed by atoms with Crippen LogP contribution in [0.1, 0.15) is 33.4 Å². The molecule has 5 nitrogen and oxygen atoms in total. The van der Waals surface area contributed by atoms with E-state index in [1.807, 2.05) is 24.9 Å². The minimum absolute atomic E-state index is 0.0302. The van der Waals surface area contributed by atoms with Crippen LogP contribution >= 0.6 is 0 Å². The summed E-state index contributed by atoms with van der Waals surface area (Å²) in [7, 11) is 1.93. The molecule has 0 aliphatic carbocycles. The number of hydrogen-bond acceptors (Lipinski definition) is 4. The van der Waals surface area contributed by atoms with Gasteiger partial charge in [-0.3, -0.25) is 9.67 Å². The molecule has 102 valence electrons. The van der Waals surface area contributed by atoms with Crippen molar-refractivity contribution in [1.82, 2.24) is 19.7 Å². The molecule has 2 rings (SSSR count). The zero-order valence-electron chi connectivity index (χ0n) is 12.2. The van der Waals surface area contributed by atoms with Crippen LogP contribution in [0.4, 0.5) is 5.82 Å². The normalized spacial score (nSPS) is 11.6. The van der Waals surface area contributed by atoms with E-state index in [0.29, 0.717) is 0 Å². The lowest BCUT2D eigenvalue weighted by atomic mass is 9.88. The Labute approximate surface area is 114 Å². The van der Waals surface area contributed by atoms with E-state index in [4.69, 9.17) is 0 Å². The molecule has 0 aromatic carbocycles. The number of nitrogens with one attached hydrogen (secondary N) is 1. The van der Waals surface area contributed by atoms with Gasteiger partial charge in [0.05, 0.1) is 5.69 Å². The number of anilines is 1. The second-order valence-corrected chi connectivity index (χ2v) is 5.60. The third-order valence-electron chi connectivity index (χ3n) is 2.84. The van der Waals surface area contributed by atoms with Gasteiger partial charge >= 0.3 is 0 Å². The zero-order chi connectivity index (χ0) is 14.0. The second kappa shape index (κ2) is 4.99. The molecule has 0 unspecified atom stereocenters. The summed E-state index contributed by atoms with van der Waals surface area (Å²) >= 11 is 0. The molecule has 2 heterocycles. The van der Waals surface area contributed by atoms with Crippen LogP contribution in [0.15, 0.2) is 18.6 Å². The topological polar surface area (TPSA) is 55.6 Å². The van der Waals surface area contributed by atoms with Gasteiger partial charge in [0.15, 0.2) is 5.82 Å². The molecule has 0 spiro atoms. The van der Waals surface area contributed by atoms with Gasteiger partial charge in [-0.1, -0.05) is 20.8 Å². The number of rotatable bonds is 3. The molecule has 0 saturated heterocycles. The van der Waals surface area contributed by atoms with Crippen LogP contribution in [0.3, 0.4) is 0 Å². The first-order valence-corrected chi connectivity index (χ1v) is 6.53. The molecule has 2 aromatic heterocycles. The quantitative estimate of drug-likeness (QED) is 0.920. The van der Waals surface area contributed by atoms with Gasteiger partial charge < -0.3 is 5.32 Å². The molecule has 0 aliphatic rings. The SMILES string of the molecule is CCNc1nccnc1-c1cn(C)nc1C(C)(C)C. The summed E-state index contributed by atoms with van der Waals surface area (Å²) in [5.41, 5.74) is 2.91.